The Morgan fingerprint density at radius 3 is 3.12 bits per heavy atom. The average Bonchev–Trinajstić information content (AvgIpc) is 2.72. The third-order valence-corrected chi connectivity index (χ3v) is 3.13. The van der Waals surface area contributed by atoms with Crippen molar-refractivity contribution in [1.82, 2.24) is 14.9 Å². The monoisotopic (exact) mass is 281 g/mol. The van der Waals surface area contributed by atoms with Crippen molar-refractivity contribution in [3.63, 3.8) is 0 Å². The van der Waals surface area contributed by atoms with Crippen LogP contribution in [0.1, 0.15) is 5.56 Å². The first-order chi connectivity index (χ1) is 7.66. The molecule has 1 heterocycles. The number of hydrogen-bond donors (Lipinski definition) is 1. The number of aromatic nitrogens is 2. The summed E-state index contributed by atoms with van der Waals surface area (Å²) in [5, 5.41) is 0. The minimum atomic E-state index is -0.0879. The number of nitrogens with one attached hydrogen (secondary N) is 1. The van der Waals surface area contributed by atoms with Crippen molar-refractivity contribution in [2.24, 2.45) is 0 Å². The smallest absolute Gasteiger partial charge is 0.289 e. The number of amides is 1. The van der Waals surface area contributed by atoms with Crippen molar-refractivity contribution in [3.05, 3.63) is 30.1 Å². The van der Waals surface area contributed by atoms with E-state index < -0.39 is 0 Å². The van der Waals surface area contributed by atoms with Gasteiger partial charge in [-0.2, -0.15) is 0 Å². The molecule has 0 saturated heterocycles. The molecule has 0 bridgehead atoms. The summed E-state index contributed by atoms with van der Waals surface area (Å²) in [5.41, 5.74) is 3.19. The Balaban J connectivity index is 2.06. The van der Waals surface area contributed by atoms with Crippen LogP contribution in [0.3, 0.4) is 0 Å². The number of rotatable bonds is 3. The molecule has 1 amide bonds. The van der Waals surface area contributed by atoms with Gasteiger partial charge in [0, 0.05) is 29.5 Å². The van der Waals surface area contributed by atoms with Gasteiger partial charge in [-0.15, -0.1) is 0 Å². The number of imidazole rings is 1. The Hall–Kier alpha value is -1.36. The van der Waals surface area contributed by atoms with Gasteiger partial charge in [-0.3, -0.25) is 4.79 Å². The molecule has 0 spiro atoms. The van der Waals surface area contributed by atoms with Crippen LogP contribution in [0.25, 0.3) is 11.0 Å². The van der Waals surface area contributed by atoms with Crippen molar-refractivity contribution < 1.29 is 4.79 Å². The lowest BCUT2D eigenvalue weighted by Gasteiger charge is -2.12. The maximum Gasteiger partial charge on any atom is 0.289 e. The molecule has 0 radical (unpaired) electrons. The van der Waals surface area contributed by atoms with Gasteiger partial charge < -0.3 is 9.88 Å². The summed E-state index contributed by atoms with van der Waals surface area (Å²) in [7, 11) is 1.77. The summed E-state index contributed by atoms with van der Waals surface area (Å²) in [6.07, 6.45) is 2.52. The summed E-state index contributed by atoms with van der Waals surface area (Å²) >= 11 is 2.92. The number of carbonyl (C=O) groups excluding carboxylic acids is 1. The van der Waals surface area contributed by atoms with E-state index in [2.05, 4.69) is 32.0 Å². The van der Waals surface area contributed by atoms with E-state index in [0.717, 1.165) is 17.5 Å². The molecule has 16 heavy (non-hydrogen) atoms. The molecule has 2 rings (SSSR count). The number of carbonyl (C=O) groups is 1. The molecule has 0 aliphatic rings. The van der Waals surface area contributed by atoms with E-state index in [1.165, 1.54) is 5.56 Å². The fourth-order valence-corrected chi connectivity index (χ4v) is 1.70. The first-order valence-corrected chi connectivity index (χ1v) is 5.79. The van der Waals surface area contributed by atoms with Crippen molar-refractivity contribution >= 4 is 31.8 Å². The Morgan fingerprint density at radius 1 is 1.56 bits per heavy atom. The Labute approximate surface area is 102 Å². The van der Waals surface area contributed by atoms with Gasteiger partial charge in [-0.25, -0.2) is 4.98 Å². The number of fused-ring (bicyclic) bond motifs is 1. The van der Waals surface area contributed by atoms with Crippen LogP contribution in [0.4, 0.5) is 4.79 Å². The molecule has 1 aromatic heterocycles. The van der Waals surface area contributed by atoms with Crippen LogP contribution in [0.2, 0.25) is 0 Å². The zero-order chi connectivity index (χ0) is 11.5. The number of hydrogen-bond acceptors (Lipinski definition) is 2. The number of likely N-dealkylation sites (N-methyl/N-ethyl adjacent to an activating group) is 1. The van der Waals surface area contributed by atoms with Crippen LogP contribution >= 0.6 is 15.9 Å². The number of nitrogens with zero attached hydrogens (tertiary/aromatic N) is 2. The highest BCUT2D eigenvalue weighted by Crippen LogP contribution is 2.12. The van der Waals surface area contributed by atoms with Gasteiger partial charge in [-0.05, 0) is 24.1 Å². The Kier molecular flexibility index (Phi) is 3.24. The fraction of sp³-hybridized carbons (Fsp3) is 0.273. The van der Waals surface area contributed by atoms with E-state index in [-0.39, 0.29) is 4.82 Å². The lowest BCUT2D eigenvalue weighted by Crippen LogP contribution is -2.23. The van der Waals surface area contributed by atoms with Gasteiger partial charge in [0.15, 0.2) is 0 Å². The van der Waals surface area contributed by atoms with Crippen LogP contribution in [0, 0.1) is 0 Å². The molecular formula is C11H12BrN3O. The van der Waals surface area contributed by atoms with Crippen molar-refractivity contribution in [2.75, 3.05) is 13.6 Å². The van der Waals surface area contributed by atoms with E-state index in [4.69, 9.17) is 0 Å². The van der Waals surface area contributed by atoms with Crippen molar-refractivity contribution in [3.8, 4) is 0 Å². The third-order valence-electron chi connectivity index (χ3n) is 2.52. The second kappa shape index (κ2) is 4.65. The fourth-order valence-electron chi connectivity index (χ4n) is 1.52. The summed E-state index contributed by atoms with van der Waals surface area (Å²) in [6.45, 7) is 0.698. The molecule has 1 N–H and O–H groups in total. The van der Waals surface area contributed by atoms with E-state index in [1.54, 1.807) is 18.3 Å². The third kappa shape index (κ3) is 2.41. The molecule has 1 aromatic carbocycles. The van der Waals surface area contributed by atoms with Crippen molar-refractivity contribution in [1.29, 1.82) is 0 Å². The predicted octanol–water partition coefficient (Wildman–Crippen LogP) is 2.55. The van der Waals surface area contributed by atoms with E-state index >= 15 is 0 Å². The van der Waals surface area contributed by atoms with Crippen LogP contribution in [0.15, 0.2) is 24.5 Å². The summed E-state index contributed by atoms with van der Waals surface area (Å²) in [5.74, 6) is 0. The summed E-state index contributed by atoms with van der Waals surface area (Å²) in [6, 6.07) is 6.09. The molecule has 0 saturated carbocycles. The first kappa shape index (κ1) is 11.1. The van der Waals surface area contributed by atoms with Crippen LogP contribution < -0.4 is 0 Å². The van der Waals surface area contributed by atoms with Gasteiger partial charge in [-0.1, -0.05) is 6.07 Å². The normalized spacial score (nSPS) is 10.6. The summed E-state index contributed by atoms with van der Waals surface area (Å²) in [4.78, 5) is 19.7. The molecule has 2 aromatic rings. The minimum Gasteiger partial charge on any atom is -0.345 e. The van der Waals surface area contributed by atoms with Gasteiger partial charge >= 0.3 is 0 Å². The molecule has 0 fully saturated rings. The molecule has 5 heteroatoms. The standard InChI is InChI=1S/C11H12BrN3O/c1-15(11(12)16)5-4-8-2-3-9-10(6-8)14-7-13-9/h2-3,6-7H,4-5H2,1H3,(H,13,14). The molecule has 4 nitrogen and oxygen atoms in total. The van der Waals surface area contributed by atoms with Gasteiger partial charge in [0.1, 0.15) is 0 Å². The van der Waals surface area contributed by atoms with Gasteiger partial charge in [0.05, 0.1) is 17.4 Å². The zero-order valence-corrected chi connectivity index (χ0v) is 10.5. The van der Waals surface area contributed by atoms with E-state index in [9.17, 15) is 4.79 Å². The Morgan fingerprint density at radius 2 is 2.38 bits per heavy atom. The topological polar surface area (TPSA) is 49.0 Å². The SMILES string of the molecule is CN(CCc1ccc2nc[nH]c2c1)C(=O)Br. The lowest BCUT2D eigenvalue weighted by molar-refractivity contribution is 0.235. The molecule has 0 unspecified atom stereocenters. The molecule has 0 atom stereocenters. The maximum absolute atomic E-state index is 11.0. The molecular weight excluding hydrogens is 270 g/mol. The number of halogens is 1. The molecule has 84 valence electrons. The van der Waals surface area contributed by atoms with Gasteiger partial charge in [0.25, 0.3) is 4.82 Å². The predicted molar refractivity (Wildman–Crippen MR) is 66.8 cm³/mol. The van der Waals surface area contributed by atoms with Gasteiger partial charge in [0.2, 0.25) is 0 Å². The minimum absolute atomic E-state index is 0.0879. The Bertz CT molecular complexity index is 509. The highest BCUT2D eigenvalue weighted by Gasteiger charge is 2.04. The van der Waals surface area contributed by atoms with Crippen LogP contribution in [-0.4, -0.2) is 33.3 Å². The lowest BCUT2D eigenvalue weighted by atomic mass is 10.1. The average molecular weight is 282 g/mol. The van der Waals surface area contributed by atoms with E-state index in [1.807, 2.05) is 12.1 Å². The van der Waals surface area contributed by atoms with E-state index in [0.29, 0.717) is 6.54 Å². The maximum atomic E-state index is 11.0. The highest BCUT2D eigenvalue weighted by molar-refractivity contribution is 9.18. The number of aromatic amines is 1. The molecule has 0 aliphatic heterocycles. The zero-order valence-electron chi connectivity index (χ0n) is 8.90. The number of benzene rings is 1. The largest absolute Gasteiger partial charge is 0.345 e. The highest BCUT2D eigenvalue weighted by atomic mass is 79.9. The van der Waals surface area contributed by atoms with Crippen molar-refractivity contribution in [2.45, 2.75) is 6.42 Å². The second-order valence-corrected chi connectivity index (χ2v) is 4.36. The summed E-state index contributed by atoms with van der Waals surface area (Å²) < 4.78 is 0. The second-order valence-electron chi connectivity index (χ2n) is 3.68. The first-order valence-electron chi connectivity index (χ1n) is 4.99. The van der Waals surface area contributed by atoms with Crippen LogP contribution in [0.5, 0.6) is 0 Å². The van der Waals surface area contributed by atoms with Crippen LogP contribution in [-0.2, 0) is 6.42 Å². The number of H-pyrrole nitrogens is 1. The molecule has 0 aliphatic carbocycles. The quantitative estimate of drug-likeness (QED) is 0.694.